The molecule has 0 aliphatic carbocycles. The zero-order valence-corrected chi connectivity index (χ0v) is 11.6. The molecule has 0 bridgehead atoms. The monoisotopic (exact) mass is 302 g/mol. The molecule has 0 saturated heterocycles. The fourth-order valence-electron chi connectivity index (χ4n) is 2.38. The molecule has 2 aromatic carbocycles. The number of aliphatic carboxylic acids is 1. The van der Waals surface area contributed by atoms with Gasteiger partial charge in [-0.15, -0.1) is 0 Å². The average Bonchev–Trinajstić information content (AvgIpc) is 2.86. The molecule has 0 aliphatic rings. The Morgan fingerprint density at radius 2 is 1.82 bits per heavy atom. The molecule has 1 heterocycles. The number of rotatable bonds is 3. The van der Waals surface area contributed by atoms with Gasteiger partial charge in [0.05, 0.1) is 11.0 Å². The van der Waals surface area contributed by atoms with E-state index in [-0.39, 0.29) is 11.0 Å². The summed E-state index contributed by atoms with van der Waals surface area (Å²) in [6.45, 7) is 1.47. The minimum absolute atomic E-state index is 0.214. The van der Waals surface area contributed by atoms with Crippen LogP contribution < -0.4 is 0 Å². The topological polar surface area (TPSA) is 55.1 Å². The number of imidazole rings is 1. The lowest BCUT2D eigenvalue weighted by molar-refractivity contribution is -0.140. The summed E-state index contributed by atoms with van der Waals surface area (Å²) < 4.78 is 28.4. The predicted octanol–water partition coefficient (Wildman–Crippen LogP) is 3.63. The van der Waals surface area contributed by atoms with Crippen LogP contribution in [-0.4, -0.2) is 20.6 Å². The molecule has 1 N–H and O–H groups in total. The molecule has 112 valence electrons. The summed E-state index contributed by atoms with van der Waals surface area (Å²) in [5.41, 5.74) is 1.13. The zero-order valence-electron chi connectivity index (χ0n) is 11.6. The van der Waals surface area contributed by atoms with Gasteiger partial charge in [-0.3, -0.25) is 0 Å². The van der Waals surface area contributed by atoms with E-state index in [1.165, 1.54) is 11.5 Å². The third-order valence-electron chi connectivity index (χ3n) is 3.51. The van der Waals surface area contributed by atoms with E-state index < -0.39 is 23.6 Å². The molecule has 4 nitrogen and oxygen atoms in total. The van der Waals surface area contributed by atoms with Crippen LogP contribution in [0.5, 0.6) is 0 Å². The van der Waals surface area contributed by atoms with Gasteiger partial charge in [-0.25, -0.2) is 18.6 Å². The molecule has 0 spiro atoms. The maximum Gasteiger partial charge on any atom is 0.326 e. The second-order valence-electron chi connectivity index (χ2n) is 4.94. The SMILES string of the molecule is CC(C(=O)O)n1c(-c2ccccc2)nc2cc(F)c(F)cc21. The second-order valence-corrected chi connectivity index (χ2v) is 4.94. The Morgan fingerprint density at radius 3 is 2.45 bits per heavy atom. The highest BCUT2D eigenvalue weighted by Crippen LogP contribution is 2.29. The van der Waals surface area contributed by atoms with Gasteiger partial charge in [0, 0.05) is 17.7 Å². The van der Waals surface area contributed by atoms with Crippen molar-refractivity contribution in [1.82, 2.24) is 9.55 Å². The Bertz CT molecular complexity index is 859. The van der Waals surface area contributed by atoms with Crippen LogP contribution in [-0.2, 0) is 4.79 Å². The molecule has 0 radical (unpaired) electrons. The molecular weight excluding hydrogens is 290 g/mol. The highest BCUT2D eigenvalue weighted by molar-refractivity contribution is 5.84. The van der Waals surface area contributed by atoms with Gasteiger partial charge in [0.15, 0.2) is 11.6 Å². The lowest BCUT2D eigenvalue weighted by Gasteiger charge is -2.13. The Hall–Kier alpha value is -2.76. The maximum atomic E-state index is 13.5. The van der Waals surface area contributed by atoms with Crippen molar-refractivity contribution in [2.24, 2.45) is 0 Å². The van der Waals surface area contributed by atoms with Gasteiger partial charge in [0.2, 0.25) is 0 Å². The number of hydrogen-bond acceptors (Lipinski definition) is 2. The van der Waals surface area contributed by atoms with Crippen LogP contribution in [0.15, 0.2) is 42.5 Å². The van der Waals surface area contributed by atoms with Gasteiger partial charge in [-0.2, -0.15) is 0 Å². The molecule has 6 heteroatoms. The van der Waals surface area contributed by atoms with Gasteiger partial charge in [-0.05, 0) is 6.92 Å². The first-order valence-corrected chi connectivity index (χ1v) is 6.64. The number of benzene rings is 2. The summed E-state index contributed by atoms with van der Waals surface area (Å²) in [6, 6.07) is 9.89. The van der Waals surface area contributed by atoms with Crippen molar-refractivity contribution in [2.75, 3.05) is 0 Å². The maximum absolute atomic E-state index is 13.5. The van der Waals surface area contributed by atoms with Gasteiger partial charge >= 0.3 is 5.97 Å². The van der Waals surface area contributed by atoms with E-state index in [2.05, 4.69) is 4.98 Å². The van der Waals surface area contributed by atoms with Crippen molar-refractivity contribution < 1.29 is 18.7 Å². The van der Waals surface area contributed by atoms with E-state index in [1.807, 2.05) is 6.07 Å². The molecule has 3 rings (SSSR count). The number of aromatic nitrogens is 2. The minimum atomic E-state index is -1.08. The molecule has 1 aromatic heterocycles. The number of carbonyl (C=O) groups is 1. The minimum Gasteiger partial charge on any atom is -0.480 e. The van der Waals surface area contributed by atoms with Crippen molar-refractivity contribution >= 4 is 17.0 Å². The number of hydrogen-bond donors (Lipinski definition) is 1. The summed E-state index contributed by atoms with van der Waals surface area (Å²) in [5.74, 6) is -2.78. The summed E-state index contributed by atoms with van der Waals surface area (Å²) >= 11 is 0. The quantitative estimate of drug-likeness (QED) is 0.804. The average molecular weight is 302 g/mol. The van der Waals surface area contributed by atoms with Crippen molar-refractivity contribution in [3.63, 3.8) is 0 Å². The largest absolute Gasteiger partial charge is 0.480 e. The smallest absolute Gasteiger partial charge is 0.326 e. The molecule has 3 aromatic rings. The van der Waals surface area contributed by atoms with Crippen LogP contribution >= 0.6 is 0 Å². The Kier molecular flexibility index (Phi) is 3.36. The van der Waals surface area contributed by atoms with Crippen LogP contribution in [0.3, 0.4) is 0 Å². The van der Waals surface area contributed by atoms with Crippen LogP contribution in [0.2, 0.25) is 0 Å². The summed E-state index contributed by atoms with van der Waals surface area (Å²) in [4.78, 5) is 15.6. The Balaban J connectivity index is 2.36. The highest BCUT2D eigenvalue weighted by atomic mass is 19.2. The van der Waals surface area contributed by atoms with Crippen molar-refractivity contribution in [3.8, 4) is 11.4 Å². The Labute approximate surface area is 124 Å². The first-order chi connectivity index (χ1) is 10.5. The molecule has 0 aliphatic heterocycles. The van der Waals surface area contributed by atoms with E-state index >= 15 is 0 Å². The van der Waals surface area contributed by atoms with E-state index in [4.69, 9.17) is 0 Å². The van der Waals surface area contributed by atoms with Crippen LogP contribution in [0.4, 0.5) is 8.78 Å². The molecule has 22 heavy (non-hydrogen) atoms. The predicted molar refractivity (Wildman–Crippen MR) is 77.4 cm³/mol. The van der Waals surface area contributed by atoms with E-state index in [1.54, 1.807) is 24.3 Å². The summed E-state index contributed by atoms with van der Waals surface area (Å²) in [7, 11) is 0. The number of carboxylic acid groups (broad SMARTS) is 1. The molecule has 0 fully saturated rings. The van der Waals surface area contributed by atoms with Gasteiger partial charge in [0.25, 0.3) is 0 Å². The molecular formula is C16H12F2N2O2. The summed E-state index contributed by atoms with van der Waals surface area (Å²) in [6.07, 6.45) is 0. The lowest BCUT2D eigenvalue weighted by Crippen LogP contribution is -2.16. The number of fused-ring (bicyclic) bond motifs is 1. The first-order valence-electron chi connectivity index (χ1n) is 6.64. The molecule has 0 saturated carbocycles. The molecule has 0 amide bonds. The summed E-state index contributed by atoms with van der Waals surface area (Å²) in [5, 5.41) is 9.29. The van der Waals surface area contributed by atoms with E-state index in [0.29, 0.717) is 11.4 Å². The number of halogens is 2. The third-order valence-corrected chi connectivity index (χ3v) is 3.51. The lowest BCUT2D eigenvalue weighted by atomic mass is 10.2. The number of nitrogens with zero attached hydrogens (tertiary/aromatic N) is 2. The van der Waals surface area contributed by atoms with Crippen molar-refractivity contribution in [3.05, 3.63) is 54.1 Å². The fourth-order valence-corrected chi connectivity index (χ4v) is 2.38. The van der Waals surface area contributed by atoms with Gasteiger partial charge in [0.1, 0.15) is 11.9 Å². The third kappa shape index (κ3) is 2.22. The van der Waals surface area contributed by atoms with Crippen molar-refractivity contribution in [1.29, 1.82) is 0 Å². The van der Waals surface area contributed by atoms with E-state index in [9.17, 15) is 18.7 Å². The van der Waals surface area contributed by atoms with Crippen molar-refractivity contribution in [2.45, 2.75) is 13.0 Å². The number of carboxylic acids is 1. The molecule has 1 atom stereocenters. The van der Waals surface area contributed by atoms with Crippen LogP contribution in [0.1, 0.15) is 13.0 Å². The molecule has 1 unspecified atom stereocenters. The normalized spacial score (nSPS) is 12.5. The highest BCUT2D eigenvalue weighted by Gasteiger charge is 2.23. The second kappa shape index (κ2) is 5.22. The van der Waals surface area contributed by atoms with Crippen LogP contribution in [0, 0.1) is 11.6 Å². The van der Waals surface area contributed by atoms with E-state index in [0.717, 1.165) is 12.1 Å². The zero-order chi connectivity index (χ0) is 15.9. The Morgan fingerprint density at radius 1 is 1.18 bits per heavy atom. The standard InChI is InChI=1S/C16H12F2N2O2/c1-9(16(21)22)20-14-8-12(18)11(17)7-13(14)19-15(20)10-5-3-2-4-6-10/h2-9H,1H3,(H,21,22). The van der Waals surface area contributed by atoms with Crippen LogP contribution in [0.25, 0.3) is 22.4 Å². The fraction of sp³-hybridized carbons (Fsp3) is 0.125. The van der Waals surface area contributed by atoms with Gasteiger partial charge in [-0.1, -0.05) is 30.3 Å². The first kappa shape index (κ1) is 14.2. The van der Waals surface area contributed by atoms with Gasteiger partial charge < -0.3 is 9.67 Å².